The summed E-state index contributed by atoms with van der Waals surface area (Å²) in [6, 6.07) is 16.7. The Morgan fingerprint density at radius 1 is 1.15 bits per heavy atom. The smallest absolute Gasteiger partial charge is 0.0953 e. The van der Waals surface area contributed by atoms with Gasteiger partial charge in [-0.2, -0.15) is 0 Å². The second-order valence-electron chi connectivity index (χ2n) is 4.90. The van der Waals surface area contributed by atoms with Crippen LogP contribution in [0, 0.1) is 6.92 Å². The van der Waals surface area contributed by atoms with Crippen molar-refractivity contribution in [1.29, 1.82) is 0 Å². The van der Waals surface area contributed by atoms with Gasteiger partial charge in [-0.15, -0.1) is 0 Å². The molecular formula is C17H20BrNO. The van der Waals surface area contributed by atoms with Crippen molar-refractivity contribution >= 4 is 15.9 Å². The van der Waals surface area contributed by atoms with Crippen molar-refractivity contribution in [1.82, 2.24) is 5.32 Å². The molecule has 3 heteroatoms. The number of ether oxygens (including phenoxy) is 1. The predicted molar refractivity (Wildman–Crippen MR) is 86.8 cm³/mol. The molecule has 2 aromatic rings. The molecule has 0 saturated carbocycles. The van der Waals surface area contributed by atoms with Gasteiger partial charge in [0.2, 0.25) is 0 Å². The van der Waals surface area contributed by atoms with Gasteiger partial charge in [-0.25, -0.2) is 0 Å². The number of likely N-dealkylation sites (N-methyl/N-ethyl adjacent to an activating group) is 1. The largest absolute Gasteiger partial charge is 0.368 e. The van der Waals surface area contributed by atoms with E-state index in [9.17, 15) is 0 Å². The van der Waals surface area contributed by atoms with Gasteiger partial charge in [0.05, 0.1) is 12.7 Å². The molecule has 1 unspecified atom stereocenters. The molecule has 0 aliphatic rings. The lowest BCUT2D eigenvalue weighted by Crippen LogP contribution is -2.19. The third-order valence-corrected chi connectivity index (χ3v) is 3.70. The predicted octanol–water partition coefficient (Wildman–Crippen LogP) is 4.23. The van der Waals surface area contributed by atoms with Gasteiger partial charge in [0.1, 0.15) is 0 Å². The Morgan fingerprint density at radius 3 is 2.55 bits per heavy atom. The maximum absolute atomic E-state index is 6.07. The van der Waals surface area contributed by atoms with E-state index in [0.717, 1.165) is 11.0 Å². The maximum Gasteiger partial charge on any atom is 0.0953 e. The van der Waals surface area contributed by atoms with Crippen molar-refractivity contribution in [3.05, 3.63) is 69.7 Å². The molecule has 0 amide bonds. The minimum absolute atomic E-state index is 0.0727. The van der Waals surface area contributed by atoms with Gasteiger partial charge in [-0.3, -0.25) is 0 Å². The van der Waals surface area contributed by atoms with Crippen LogP contribution in [-0.4, -0.2) is 13.6 Å². The summed E-state index contributed by atoms with van der Waals surface area (Å²) >= 11 is 3.44. The first-order valence-corrected chi connectivity index (χ1v) is 7.55. The number of benzene rings is 2. The van der Waals surface area contributed by atoms with Crippen molar-refractivity contribution < 1.29 is 4.74 Å². The van der Waals surface area contributed by atoms with Crippen LogP contribution in [0.2, 0.25) is 0 Å². The number of aryl methyl sites for hydroxylation is 1. The van der Waals surface area contributed by atoms with Gasteiger partial charge in [0, 0.05) is 11.0 Å². The SMILES string of the molecule is CNCC(OCc1ccc(Br)cc1)c1cccc(C)c1. The van der Waals surface area contributed by atoms with Crippen molar-refractivity contribution in [2.24, 2.45) is 0 Å². The monoisotopic (exact) mass is 333 g/mol. The molecular weight excluding hydrogens is 314 g/mol. The van der Waals surface area contributed by atoms with E-state index < -0.39 is 0 Å². The van der Waals surface area contributed by atoms with Gasteiger partial charge >= 0.3 is 0 Å². The highest BCUT2D eigenvalue weighted by atomic mass is 79.9. The summed E-state index contributed by atoms with van der Waals surface area (Å²) in [5, 5.41) is 3.20. The average molecular weight is 334 g/mol. The second-order valence-corrected chi connectivity index (χ2v) is 5.81. The molecule has 2 nitrogen and oxygen atoms in total. The Morgan fingerprint density at radius 2 is 1.90 bits per heavy atom. The van der Waals surface area contributed by atoms with Crippen LogP contribution in [0.25, 0.3) is 0 Å². The van der Waals surface area contributed by atoms with E-state index in [1.54, 1.807) is 0 Å². The first kappa shape index (κ1) is 15.2. The van der Waals surface area contributed by atoms with Crippen LogP contribution in [0.5, 0.6) is 0 Å². The van der Waals surface area contributed by atoms with Gasteiger partial charge < -0.3 is 10.1 Å². The van der Waals surface area contributed by atoms with Crippen LogP contribution in [0.1, 0.15) is 22.8 Å². The van der Waals surface area contributed by atoms with Crippen molar-refractivity contribution in [2.75, 3.05) is 13.6 Å². The lowest BCUT2D eigenvalue weighted by molar-refractivity contribution is 0.0410. The minimum atomic E-state index is 0.0727. The highest BCUT2D eigenvalue weighted by molar-refractivity contribution is 9.10. The van der Waals surface area contributed by atoms with E-state index in [4.69, 9.17) is 4.74 Å². The van der Waals surface area contributed by atoms with Crippen LogP contribution in [0.3, 0.4) is 0 Å². The molecule has 0 bridgehead atoms. The molecule has 2 aromatic carbocycles. The quantitative estimate of drug-likeness (QED) is 0.853. The standard InChI is InChI=1S/C17H20BrNO/c1-13-4-3-5-15(10-13)17(11-19-2)20-12-14-6-8-16(18)9-7-14/h3-10,17,19H,11-12H2,1-2H3. The Balaban J connectivity index is 2.04. The van der Waals surface area contributed by atoms with Gasteiger partial charge in [0.25, 0.3) is 0 Å². The topological polar surface area (TPSA) is 21.3 Å². The summed E-state index contributed by atoms with van der Waals surface area (Å²) in [6.07, 6.45) is 0.0727. The fourth-order valence-corrected chi connectivity index (χ4v) is 2.37. The fraction of sp³-hybridized carbons (Fsp3) is 0.294. The average Bonchev–Trinajstić information content (AvgIpc) is 2.45. The molecule has 20 heavy (non-hydrogen) atoms. The summed E-state index contributed by atoms with van der Waals surface area (Å²) < 4.78 is 7.16. The Bertz CT molecular complexity index is 539. The third-order valence-electron chi connectivity index (χ3n) is 3.17. The molecule has 0 aromatic heterocycles. The molecule has 0 saturated heterocycles. The van der Waals surface area contributed by atoms with Crippen molar-refractivity contribution in [3.63, 3.8) is 0 Å². The Kier molecular flexibility index (Phi) is 5.77. The fourth-order valence-electron chi connectivity index (χ4n) is 2.11. The molecule has 2 rings (SSSR count). The van der Waals surface area contributed by atoms with Crippen LogP contribution in [-0.2, 0) is 11.3 Å². The number of halogens is 1. The summed E-state index contributed by atoms with van der Waals surface area (Å²) in [5.41, 5.74) is 3.66. The van der Waals surface area contributed by atoms with Crippen LogP contribution in [0.4, 0.5) is 0 Å². The lowest BCUT2D eigenvalue weighted by Gasteiger charge is -2.18. The van der Waals surface area contributed by atoms with E-state index in [-0.39, 0.29) is 6.10 Å². The van der Waals surface area contributed by atoms with E-state index in [0.29, 0.717) is 6.61 Å². The van der Waals surface area contributed by atoms with Crippen LogP contribution >= 0.6 is 15.9 Å². The molecule has 0 aliphatic heterocycles. The zero-order valence-electron chi connectivity index (χ0n) is 11.9. The summed E-state index contributed by atoms with van der Waals surface area (Å²) in [7, 11) is 1.95. The third kappa shape index (κ3) is 4.44. The highest BCUT2D eigenvalue weighted by Crippen LogP contribution is 2.20. The van der Waals surface area contributed by atoms with Gasteiger partial charge in [-0.05, 0) is 37.2 Å². The molecule has 0 spiro atoms. The zero-order valence-corrected chi connectivity index (χ0v) is 13.5. The summed E-state index contributed by atoms with van der Waals surface area (Å²) in [5.74, 6) is 0. The molecule has 106 valence electrons. The Labute approximate surface area is 129 Å². The minimum Gasteiger partial charge on any atom is -0.368 e. The second kappa shape index (κ2) is 7.58. The maximum atomic E-state index is 6.07. The van der Waals surface area contributed by atoms with E-state index in [1.807, 2.05) is 19.2 Å². The number of rotatable bonds is 6. The first-order chi connectivity index (χ1) is 9.69. The molecule has 1 atom stereocenters. The summed E-state index contributed by atoms with van der Waals surface area (Å²) in [4.78, 5) is 0. The van der Waals surface area contributed by atoms with E-state index >= 15 is 0 Å². The van der Waals surface area contributed by atoms with Crippen molar-refractivity contribution in [3.8, 4) is 0 Å². The van der Waals surface area contributed by atoms with Crippen LogP contribution < -0.4 is 5.32 Å². The lowest BCUT2D eigenvalue weighted by atomic mass is 10.1. The normalized spacial score (nSPS) is 12.3. The number of nitrogens with one attached hydrogen (secondary N) is 1. The van der Waals surface area contributed by atoms with Gasteiger partial charge in [0.15, 0.2) is 0 Å². The van der Waals surface area contributed by atoms with Gasteiger partial charge in [-0.1, -0.05) is 57.9 Å². The summed E-state index contributed by atoms with van der Waals surface area (Å²) in [6.45, 7) is 3.53. The molecule has 0 heterocycles. The van der Waals surface area contributed by atoms with E-state index in [1.165, 1.54) is 16.7 Å². The first-order valence-electron chi connectivity index (χ1n) is 6.76. The zero-order chi connectivity index (χ0) is 14.4. The Hall–Kier alpha value is -1.16. The highest BCUT2D eigenvalue weighted by Gasteiger charge is 2.11. The molecule has 0 radical (unpaired) electrons. The number of hydrogen-bond donors (Lipinski definition) is 1. The molecule has 1 N–H and O–H groups in total. The van der Waals surface area contributed by atoms with Crippen molar-refractivity contribution in [2.45, 2.75) is 19.6 Å². The van der Waals surface area contributed by atoms with Crippen LogP contribution in [0.15, 0.2) is 53.0 Å². The molecule has 0 aliphatic carbocycles. The number of hydrogen-bond acceptors (Lipinski definition) is 2. The van der Waals surface area contributed by atoms with E-state index in [2.05, 4.69) is 64.6 Å². The molecule has 0 fully saturated rings.